The smallest absolute Gasteiger partial charge is 0.0705 e. The van der Waals surface area contributed by atoms with Gasteiger partial charge in [-0.3, -0.25) is 4.98 Å². The molecular weight excluding hydrogens is 158 g/mol. The Balaban J connectivity index is 2.48. The van der Waals surface area contributed by atoms with Gasteiger partial charge in [0.15, 0.2) is 0 Å². The number of hydrogen-bond acceptors (Lipinski definition) is 1. The van der Waals surface area contributed by atoms with Crippen molar-refractivity contribution in [3.8, 4) is 11.3 Å². The fourth-order valence-corrected chi connectivity index (χ4v) is 1.25. The molecule has 63 valence electrons. The molecule has 1 aromatic heterocycles. The van der Waals surface area contributed by atoms with Crippen LogP contribution in [0.5, 0.6) is 0 Å². The molecule has 1 nitrogen and oxygen atoms in total. The lowest BCUT2D eigenvalue weighted by molar-refractivity contribution is 1.27. The number of hydrogen-bond donors (Lipinski definition) is 0. The molecule has 0 aliphatic rings. The van der Waals surface area contributed by atoms with Crippen LogP contribution < -0.4 is 0 Å². The third kappa shape index (κ3) is 1.75. The van der Waals surface area contributed by atoms with Crippen molar-refractivity contribution in [1.29, 1.82) is 0 Å². The number of rotatable bonds is 1. The monoisotopic (exact) mass is 168 g/mol. The molecule has 0 saturated carbocycles. The van der Waals surface area contributed by atoms with E-state index in [2.05, 4.69) is 11.9 Å². The zero-order chi connectivity index (χ0) is 9.10. The van der Waals surface area contributed by atoms with Crippen molar-refractivity contribution in [2.45, 2.75) is 0 Å². The van der Waals surface area contributed by atoms with Gasteiger partial charge in [-0.2, -0.15) is 0 Å². The Morgan fingerprint density at radius 1 is 0.846 bits per heavy atom. The molecule has 0 fully saturated rings. The molecule has 1 heteroatoms. The topological polar surface area (TPSA) is 12.9 Å². The molecule has 2 rings (SSSR count). The van der Waals surface area contributed by atoms with Crippen LogP contribution in [0.1, 0.15) is 5.69 Å². The van der Waals surface area contributed by atoms with E-state index in [1.807, 2.05) is 48.5 Å². The van der Waals surface area contributed by atoms with Crippen LogP contribution in [0.2, 0.25) is 0 Å². The molecule has 0 spiro atoms. The van der Waals surface area contributed by atoms with Crippen LogP contribution >= 0.6 is 0 Å². The van der Waals surface area contributed by atoms with Crippen molar-refractivity contribution in [2.75, 3.05) is 0 Å². The van der Waals surface area contributed by atoms with Gasteiger partial charge in [0.05, 0.1) is 5.69 Å². The highest BCUT2D eigenvalue weighted by atomic mass is 14.7. The Kier molecular flexibility index (Phi) is 2.09. The first-order valence-corrected chi connectivity index (χ1v) is 4.21. The molecule has 0 atom stereocenters. The molecule has 0 amide bonds. The summed E-state index contributed by atoms with van der Waals surface area (Å²) < 4.78 is 0. The second-order valence-corrected chi connectivity index (χ2v) is 2.88. The minimum Gasteiger partial charge on any atom is -0.253 e. The minimum atomic E-state index is 0.807. The lowest BCUT2D eigenvalue weighted by Gasteiger charge is -2.00. The summed E-state index contributed by atoms with van der Waals surface area (Å²) >= 11 is 0. The maximum atomic E-state index is 4.33. The average Bonchev–Trinajstić information content (AvgIpc) is 2.19. The summed E-state index contributed by atoms with van der Waals surface area (Å²) in [5, 5.41) is 0. The van der Waals surface area contributed by atoms with Gasteiger partial charge < -0.3 is 0 Å². The molecule has 2 aromatic rings. The summed E-state index contributed by atoms with van der Waals surface area (Å²) in [5.41, 5.74) is 2.92. The van der Waals surface area contributed by atoms with Crippen LogP contribution in [0.25, 0.3) is 11.3 Å². The van der Waals surface area contributed by atoms with Crippen molar-refractivity contribution in [2.24, 2.45) is 0 Å². The van der Waals surface area contributed by atoms with Crippen molar-refractivity contribution in [1.82, 2.24) is 4.98 Å². The second kappa shape index (κ2) is 3.40. The van der Waals surface area contributed by atoms with Crippen LogP contribution in [-0.2, 0) is 0 Å². The average molecular weight is 168 g/mol. The maximum absolute atomic E-state index is 4.33. The van der Waals surface area contributed by atoms with E-state index in [0.29, 0.717) is 0 Å². The Hall–Kier alpha value is -1.63. The third-order valence-corrected chi connectivity index (χ3v) is 1.88. The van der Waals surface area contributed by atoms with E-state index < -0.39 is 0 Å². The number of pyridine rings is 1. The summed E-state index contributed by atoms with van der Waals surface area (Å²) in [4.78, 5) is 4.33. The van der Waals surface area contributed by atoms with Gasteiger partial charge in [0, 0.05) is 11.3 Å². The van der Waals surface area contributed by atoms with Gasteiger partial charge in [-0.1, -0.05) is 36.4 Å². The van der Waals surface area contributed by atoms with E-state index in [4.69, 9.17) is 0 Å². The fraction of sp³-hybridized carbons (Fsp3) is 0. The Morgan fingerprint density at radius 2 is 1.62 bits per heavy atom. The maximum Gasteiger partial charge on any atom is 0.0705 e. The Labute approximate surface area is 78.1 Å². The van der Waals surface area contributed by atoms with E-state index in [0.717, 1.165) is 17.0 Å². The second-order valence-electron chi connectivity index (χ2n) is 2.88. The Morgan fingerprint density at radius 3 is 2.31 bits per heavy atom. The van der Waals surface area contributed by atoms with Gasteiger partial charge in [-0.25, -0.2) is 0 Å². The standard InChI is InChI=1S/C12H10N/c1-10-6-5-9-12(13-10)11-7-3-2-4-8-11/h2-9H,1H2. The van der Waals surface area contributed by atoms with E-state index in [1.54, 1.807) is 0 Å². The predicted octanol–water partition coefficient (Wildman–Crippen LogP) is 2.93. The molecule has 0 saturated heterocycles. The zero-order valence-electron chi connectivity index (χ0n) is 7.27. The summed E-state index contributed by atoms with van der Waals surface area (Å²) in [6, 6.07) is 16.0. The molecule has 0 aliphatic heterocycles. The SMILES string of the molecule is [CH2]c1cccc(-c2ccccc2)n1. The molecular formula is C12H10N. The van der Waals surface area contributed by atoms with Crippen molar-refractivity contribution >= 4 is 0 Å². The van der Waals surface area contributed by atoms with Gasteiger partial charge in [-0.15, -0.1) is 0 Å². The van der Waals surface area contributed by atoms with Gasteiger partial charge in [0.1, 0.15) is 0 Å². The summed E-state index contributed by atoms with van der Waals surface area (Å²) in [7, 11) is 0. The van der Waals surface area contributed by atoms with Crippen molar-refractivity contribution in [3.63, 3.8) is 0 Å². The van der Waals surface area contributed by atoms with Gasteiger partial charge in [0.25, 0.3) is 0 Å². The normalized spacial score (nSPS) is 9.92. The Bertz CT molecular complexity index is 393. The number of benzene rings is 1. The zero-order valence-corrected chi connectivity index (χ0v) is 7.27. The van der Waals surface area contributed by atoms with E-state index in [-0.39, 0.29) is 0 Å². The molecule has 0 unspecified atom stereocenters. The van der Waals surface area contributed by atoms with Gasteiger partial charge in [-0.05, 0) is 19.1 Å². The minimum absolute atomic E-state index is 0.807. The predicted molar refractivity (Wildman–Crippen MR) is 54.1 cm³/mol. The quantitative estimate of drug-likeness (QED) is 0.638. The largest absolute Gasteiger partial charge is 0.253 e. The van der Waals surface area contributed by atoms with Crippen LogP contribution in [0.15, 0.2) is 48.5 Å². The molecule has 0 N–H and O–H groups in total. The van der Waals surface area contributed by atoms with E-state index >= 15 is 0 Å². The molecule has 1 heterocycles. The highest BCUT2D eigenvalue weighted by Crippen LogP contribution is 2.15. The summed E-state index contributed by atoms with van der Waals surface area (Å²) in [6.45, 7) is 3.80. The first-order chi connectivity index (χ1) is 6.36. The highest BCUT2D eigenvalue weighted by molar-refractivity contribution is 5.58. The van der Waals surface area contributed by atoms with E-state index in [9.17, 15) is 0 Å². The first kappa shape index (κ1) is 7.99. The third-order valence-electron chi connectivity index (χ3n) is 1.88. The highest BCUT2D eigenvalue weighted by Gasteiger charge is 1.96. The molecule has 0 aliphatic carbocycles. The van der Waals surface area contributed by atoms with Gasteiger partial charge >= 0.3 is 0 Å². The number of nitrogens with zero attached hydrogens (tertiary/aromatic N) is 1. The lowest BCUT2D eigenvalue weighted by Crippen LogP contribution is -1.84. The fourth-order valence-electron chi connectivity index (χ4n) is 1.25. The van der Waals surface area contributed by atoms with Crippen LogP contribution in [0.4, 0.5) is 0 Å². The lowest BCUT2D eigenvalue weighted by atomic mass is 10.1. The molecule has 13 heavy (non-hydrogen) atoms. The van der Waals surface area contributed by atoms with Gasteiger partial charge in [0.2, 0.25) is 0 Å². The van der Waals surface area contributed by atoms with Crippen molar-refractivity contribution in [3.05, 3.63) is 61.1 Å². The van der Waals surface area contributed by atoms with E-state index in [1.165, 1.54) is 0 Å². The number of aromatic nitrogens is 1. The summed E-state index contributed by atoms with van der Waals surface area (Å²) in [5.74, 6) is 0. The molecule has 1 radical (unpaired) electrons. The van der Waals surface area contributed by atoms with Crippen LogP contribution in [0.3, 0.4) is 0 Å². The molecule has 0 bridgehead atoms. The first-order valence-electron chi connectivity index (χ1n) is 4.21. The van der Waals surface area contributed by atoms with Crippen LogP contribution in [-0.4, -0.2) is 4.98 Å². The molecule has 1 aromatic carbocycles. The van der Waals surface area contributed by atoms with Crippen molar-refractivity contribution < 1.29 is 0 Å². The van der Waals surface area contributed by atoms with Crippen LogP contribution in [0, 0.1) is 6.92 Å². The summed E-state index contributed by atoms with van der Waals surface area (Å²) in [6.07, 6.45) is 0.